The van der Waals surface area contributed by atoms with Gasteiger partial charge in [-0.05, 0) is 31.2 Å². The second-order valence-electron chi connectivity index (χ2n) is 3.27. The Hall–Kier alpha value is -1.48. The molecule has 15 heavy (non-hydrogen) atoms. The molecule has 3 nitrogen and oxygen atoms in total. The smallest absolute Gasteiger partial charge is 0.319 e. The van der Waals surface area contributed by atoms with Gasteiger partial charge in [0.15, 0.2) is 0 Å². The molecule has 0 radical (unpaired) electrons. The Morgan fingerprint density at radius 3 is 2.53 bits per heavy atom. The molecule has 0 atom stereocenters. The van der Waals surface area contributed by atoms with E-state index in [-0.39, 0.29) is 6.03 Å². The van der Waals surface area contributed by atoms with Gasteiger partial charge in [-0.1, -0.05) is 23.8 Å². The van der Waals surface area contributed by atoms with Crippen LogP contribution in [0, 0.1) is 0 Å². The van der Waals surface area contributed by atoms with Crippen LogP contribution in [-0.2, 0) is 0 Å². The number of carbonyl (C=O) groups excluding carboxylic acids is 1. The lowest BCUT2D eigenvalue weighted by molar-refractivity contribution is 0.253. The van der Waals surface area contributed by atoms with Crippen molar-refractivity contribution in [1.29, 1.82) is 0 Å². The van der Waals surface area contributed by atoms with E-state index in [1.54, 1.807) is 24.3 Å². The fourth-order valence-corrected chi connectivity index (χ4v) is 1.07. The number of nitrogens with one attached hydrogen (secondary N) is 2. The second kappa shape index (κ2) is 5.41. The summed E-state index contributed by atoms with van der Waals surface area (Å²) in [5.74, 6) is 0. The van der Waals surface area contributed by atoms with Crippen LogP contribution in [0.1, 0.15) is 6.92 Å². The Bertz CT molecular complexity index is 359. The first kappa shape index (κ1) is 11.6. The van der Waals surface area contributed by atoms with E-state index in [1.165, 1.54) is 0 Å². The van der Waals surface area contributed by atoms with Crippen LogP contribution < -0.4 is 10.6 Å². The molecule has 1 aromatic rings. The molecule has 0 aliphatic heterocycles. The molecule has 1 rings (SSSR count). The van der Waals surface area contributed by atoms with Crippen LogP contribution in [0.2, 0.25) is 5.02 Å². The van der Waals surface area contributed by atoms with Crippen LogP contribution in [0.3, 0.4) is 0 Å². The average Bonchev–Trinajstić information content (AvgIpc) is 2.19. The van der Waals surface area contributed by atoms with Gasteiger partial charge in [0, 0.05) is 17.3 Å². The van der Waals surface area contributed by atoms with E-state index >= 15 is 0 Å². The molecule has 0 aromatic heterocycles. The zero-order chi connectivity index (χ0) is 11.3. The standard InChI is InChI=1S/C11H13ClN2O/c1-8(2)7-13-11(15)14-10-5-3-9(12)4-6-10/h3-6H,1,7H2,2H3,(H2,13,14,15). The van der Waals surface area contributed by atoms with Crippen molar-refractivity contribution in [2.45, 2.75) is 6.92 Å². The van der Waals surface area contributed by atoms with Crippen molar-refractivity contribution in [1.82, 2.24) is 5.32 Å². The lowest BCUT2D eigenvalue weighted by Crippen LogP contribution is -2.29. The molecule has 0 bridgehead atoms. The SMILES string of the molecule is C=C(C)CNC(=O)Nc1ccc(Cl)cc1. The van der Waals surface area contributed by atoms with Crippen molar-refractivity contribution in [2.75, 3.05) is 11.9 Å². The van der Waals surface area contributed by atoms with Gasteiger partial charge < -0.3 is 10.6 Å². The number of benzene rings is 1. The fourth-order valence-electron chi connectivity index (χ4n) is 0.940. The number of anilines is 1. The van der Waals surface area contributed by atoms with Crippen LogP contribution >= 0.6 is 11.6 Å². The summed E-state index contributed by atoms with van der Waals surface area (Å²) in [5.41, 5.74) is 1.61. The quantitative estimate of drug-likeness (QED) is 0.762. The molecule has 2 amide bonds. The van der Waals surface area contributed by atoms with E-state index in [1.807, 2.05) is 6.92 Å². The first-order valence-electron chi connectivity index (χ1n) is 4.53. The Kier molecular flexibility index (Phi) is 4.18. The Balaban J connectivity index is 2.44. The van der Waals surface area contributed by atoms with Gasteiger partial charge in [-0.25, -0.2) is 4.79 Å². The second-order valence-corrected chi connectivity index (χ2v) is 3.71. The number of amides is 2. The van der Waals surface area contributed by atoms with Crippen LogP contribution in [0.25, 0.3) is 0 Å². The van der Waals surface area contributed by atoms with Gasteiger partial charge in [0.2, 0.25) is 0 Å². The highest BCUT2D eigenvalue weighted by Crippen LogP contribution is 2.12. The third-order valence-electron chi connectivity index (χ3n) is 1.65. The van der Waals surface area contributed by atoms with Crippen LogP contribution in [0.4, 0.5) is 10.5 Å². The van der Waals surface area contributed by atoms with Crippen molar-refractivity contribution >= 4 is 23.3 Å². The summed E-state index contributed by atoms with van der Waals surface area (Å²) in [6, 6.07) is 6.66. The monoisotopic (exact) mass is 224 g/mol. The van der Waals surface area contributed by atoms with Crippen molar-refractivity contribution in [3.05, 3.63) is 41.4 Å². The lowest BCUT2D eigenvalue weighted by Gasteiger charge is -2.07. The molecule has 0 saturated carbocycles. The molecule has 0 fully saturated rings. The van der Waals surface area contributed by atoms with Gasteiger partial charge in [0.1, 0.15) is 0 Å². The number of halogens is 1. The van der Waals surface area contributed by atoms with Gasteiger partial charge in [0.05, 0.1) is 0 Å². The summed E-state index contributed by atoms with van der Waals surface area (Å²) < 4.78 is 0. The number of carbonyl (C=O) groups is 1. The minimum atomic E-state index is -0.250. The Morgan fingerprint density at radius 2 is 2.00 bits per heavy atom. The predicted molar refractivity (Wildman–Crippen MR) is 63.3 cm³/mol. The normalized spacial score (nSPS) is 9.47. The van der Waals surface area contributed by atoms with Crippen LogP contribution in [0.5, 0.6) is 0 Å². The first-order chi connectivity index (χ1) is 7.08. The van der Waals surface area contributed by atoms with Crippen molar-refractivity contribution in [3.8, 4) is 0 Å². The third-order valence-corrected chi connectivity index (χ3v) is 1.90. The molecule has 4 heteroatoms. The highest BCUT2D eigenvalue weighted by atomic mass is 35.5. The number of rotatable bonds is 3. The Labute approximate surface area is 94.1 Å². The number of hydrogen-bond donors (Lipinski definition) is 2. The molecular formula is C11H13ClN2O. The maximum Gasteiger partial charge on any atom is 0.319 e. The molecule has 1 aromatic carbocycles. The molecule has 80 valence electrons. The van der Waals surface area contributed by atoms with Crippen LogP contribution in [0.15, 0.2) is 36.4 Å². The van der Waals surface area contributed by atoms with Gasteiger partial charge in [-0.2, -0.15) is 0 Å². The van der Waals surface area contributed by atoms with E-state index in [4.69, 9.17) is 11.6 Å². The van der Waals surface area contributed by atoms with Crippen LogP contribution in [-0.4, -0.2) is 12.6 Å². The average molecular weight is 225 g/mol. The van der Waals surface area contributed by atoms with Gasteiger partial charge in [-0.15, -0.1) is 0 Å². The molecule has 0 unspecified atom stereocenters. The van der Waals surface area contributed by atoms with Crippen molar-refractivity contribution in [2.24, 2.45) is 0 Å². The van der Waals surface area contributed by atoms with E-state index in [9.17, 15) is 4.79 Å². The zero-order valence-corrected chi connectivity index (χ0v) is 9.27. The summed E-state index contributed by atoms with van der Waals surface area (Å²) in [6.07, 6.45) is 0. The molecule has 0 heterocycles. The van der Waals surface area contributed by atoms with Gasteiger partial charge >= 0.3 is 6.03 Å². The first-order valence-corrected chi connectivity index (χ1v) is 4.90. The largest absolute Gasteiger partial charge is 0.334 e. The van der Waals surface area contributed by atoms with Gasteiger partial charge in [0.25, 0.3) is 0 Å². The molecule has 0 aliphatic rings. The summed E-state index contributed by atoms with van der Waals surface area (Å²) in [6.45, 7) is 6.01. The third kappa shape index (κ3) is 4.51. The lowest BCUT2D eigenvalue weighted by atomic mass is 10.3. The van der Waals surface area contributed by atoms with E-state index in [2.05, 4.69) is 17.2 Å². The predicted octanol–water partition coefficient (Wildman–Crippen LogP) is 3.04. The van der Waals surface area contributed by atoms with Crippen molar-refractivity contribution in [3.63, 3.8) is 0 Å². The van der Waals surface area contributed by atoms with E-state index in [0.29, 0.717) is 17.3 Å². The number of urea groups is 1. The minimum absolute atomic E-state index is 0.250. The van der Waals surface area contributed by atoms with E-state index < -0.39 is 0 Å². The maximum atomic E-state index is 11.3. The Morgan fingerprint density at radius 1 is 1.40 bits per heavy atom. The number of hydrogen-bond acceptors (Lipinski definition) is 1. The molecule has 0 spiro atoms. The minimum Gasteiger partial charge on any atom is -0.334 e. The maximum absolute atomic E-state index is 11.3. The highest BCUT2D eigenvalue weighted by molar-refractivity contribution is 6.30. The van der Waals surface area contributed by atoms with E-state index in [0.717, 1.165) is 5.57 Å². The van der Waals surface area contributed by atoms with Crippen molar-refractivity contribution < 1.29 is 4.79 Å². The fraction of sp³-hybridized carbons (Fsp3) is 0.182. The molecular weight excluding hydrogens is 212 g/mol. The molecule has 0 aliphatic carbocycles. The molecule has 2 N–H and O–H groups in total. The molecule has 0 saturated heterocycles. The van der Waals surface area contributed by atoms with Gasteiger partial charge in [-0.3, -0.25) is 0 Å². The summed E-state index contributed by atoms with van der Waals surface area (Å²) in [4.78, 5) is 11.3. The zero-order valence-electron chi connectivity index (χ0n) is 8.51. The highest BCUT2D eigenvalue weighted by Gasteiger charge is 2.00. The summed E-state index contributed by atoms with van der Waals surface area (Å²) in [7, 11) is 0. The topological polar surface area (TPSA) is 41.1 Å². The summed E-state index contributed by atoms with van der Waals surface area (Å²) >= 11 is 5.71. The summed E-state index contributed by atoms with van der Waals surface area (Å²) in [5, 5.41) is 5.98.